The predicted molar refractivity (Wildman–Crippen MR) is 48.7 cm³/mol. The molecular formula is C10H10F2O3. The fourth-order valence-corrected chi connectivity index (χ4v) is 1.16. The SMILES string of the molecule is CC(C)(C(=O)O)c1cc(F)cc(F)c1O. The molecule has 0 heterocycles. The highest BCUT2D eigenvalue weighted by Crippen LogP contribution is 2.33. The van der Waals surface area contributed by atoms with Crippen molar-refractivity contribution in [1.29, 1.82) is 0 Å². The summed E-state index contributed by atoms with van der Waals surface area (Å²) >= 11 is 0. The van der Waals surface area contributed by atoms with E-state index >= 15 is 0 Å². The van der Waals surface area contributed by atoms with Crippen molar-refractivity contribution in [3.63, 3.8) is 0 Å². The minimum absolute atomic E-state index is 0.285. The second-order valence-corrected chi connectivity index (χ2v) is 3.71. The highest BCUT2D eigenvalue weighted by Gasteiger charge is 2.33. The lowest BCUT2D eigenvalue weighted by Gasteiger charge is -2.20. The van der Waals surface area contributed by atoms with E-state index in [-0.39, 0.29) is 5.56 Å². The zero-order valence-corrected chi connectivity index (χ0v) is 8.21. The first-order valence-electron chi connectivity index (χ1n) is 4.18. The summed E-state index contributed by atoms with van der Waals surface area (Å²) < 4.78 is 25.8. The van der Waals surface area contributed by atoms with Gasteiger partial charge in [0.15, 0.2) is 11.6 Å². The molecule has 0 aromatic heterocycles. The van der Waals surface area contributed by atoms with Crippen LogP contribution in [0.4, 0.5) is 8.78 Å². The highest BCUT2D eigenvalue weighted by molar-refractivity contribution is 5.81. The van der Waals surface area contributed by atoms with Gasteiger partial charge in [0.05, 0.1) is 5.41 Å². The molecule has 15 heavy (non-hydrogen) atoms. The van der Waals surface area contributed by atoms with E-state index in [9.17, 15) is 18.7 Å². The van der Waals surface area contributed by atoms with Crippen LogP contribution in [0.2, 0.25) is 0 Å². The van der Waals surface area contributed by atoms with Crippen LogP contribution in [0.15, 0.2) is 12.1 Å². The molecule has 0 fully saturated rings. The Bertz CT molecular complexity index is 413. The van der Waals surface area contributed by atoms with Crippen molar-refractivity contribution in [2.45, 2.75) is 19.3 Å². The van der Waals surface area contributed by atoms with E-state index in [0.29, 0.717) is 6.07 Å². The summed E-state index contributed by atoms with van der Waals surface area (Å²) in [5.74, 6) is -4.19. The number of aromatic hydroxyl groups is 1. The second-order valence-electron chi connectivity index (χ2n) is 3.71. The van der Waals surface area contributed by atoms with Gasteiger partial charge in [-0.2, -0.15) is 0 Å². The number of carbonyl (C=O) groups is 1. The average Bonchev–Trinajstić information content (AvgIpc) is 2.10. The normalized spacial score (nSPS) is 11.5. The second kappa shape index (κ2) is 3.49. The third-order valence-electron chi connectivity index (χ3n) is 2.24. The molecule has 1 rings (SSSR count). The van der Waals surface area contributed by atoms with Gasteiger partial charge in [-0.1, -0.05) is 0 Å². The van der Waals surface area contributed by atoms with Crippen LogP contribution in [0.5, 0.6) is 5.75 Å². The van der Waals surface area contributed by atoms with Crippen LogP contribution in [0.3, 0.4) is 0 Å². The molecule has 3 nitrogen and oxygen atoms in total. The van der Waals surface area contributed by atoms with Crippen LogP contribution in [0.25, 0.3) is 0 Å². The maximum Gasteiger partial charge on any atom is 0.313 e. The minimum atomic E-state index is -1.55. The Balaban J connectivity index is 3.43. The number of carboxylic acids is 1. The van der Waals surface area contributed by atoms with E-state index in [1.165, 1.54) is 13.8 Å². The quantitative estimate of drug-likeness (QED) is 0.795. The van der Waals surface area contributed by atoms with Crippen molar-refractivity contribution in [1.82, 2.24) is 0 Å². The third kappa shape index (κ3) is 1.91. The van der Waals surface area contributed by atoms with Gasteiger partial charge in [0, 0.05) is 11.6 Å². The minimum Gasteiger partial charge on any atom is -0.505 e. The lowest BCUT2D eigenvalue weighted by atomic mass is 9.84. The first kappa shape index (κ1) is 11.4. The van der Waals surface area contributed by atoms with Crippen molar-refractivity contribution < 1.29 is 23.8 Å². The summed E-state index contributed by atoms with van der Waals surface area (Å²) in [5.41, 5.74) is -1.83. The molecule has 0 saturated carbocycles. The lowest BCUT2D eigenvalue weighted by Crippen LogP contribution is -2.29. The Morgan fingerprint density at radius 1 is 1.33 bits per heavy atom. The number of aliphatic carboxylic acids is 1. The molecule has 0 saturated heterocycles. The molecule has 0 amide bonds. The summed E-state index contributed by atoms with van der Waals surface area (Å²) in [5, 5.41) is 18.1. The van der Waals surface area contributed by atoms with Crippen molar-refractivity contribution in [2.24, 2.45) is 0 Å². The Hall–Kier alpha value is -1.65. The standard InChI is InChI=1S/C10H10F2O3/c1-10(2,9(14)15)6-3-5(11)4-7(12)8(6)13/h3-4,13H,1-2H3,(H,14,15). The number of benzene rings is 1. The molecule has 1 aromatic carbocycles. The van der Waals surface area contributed by atoms with Gasteiger partial charge in [-0.3, -0.25) is 4.79 Å². The molecule has 5 heteroatoms. The molecule has 82 valence electrons. The molecule has 0 aliphatic carbocycles. The number of halogens is 2. The van der Waals surface area contributed by atoms with E-state index in [4.69, 9.17) is 5.11 Å². The molecule has 0 spiro atoms. The van der Waals surface area contributed by atoms with Gasteiger partial charge in [0.25, 0.3) is 0 Å². The van der Waals surface area contributed by atoms with E-state index in [0.717, 1.165) is 6.07 Å². The van der Waals surface area contributed by atoms with Crippen LogP contribution in [-0.4, -0.2) is 16.2 Å². The molecular weight excluding hydrogens is 206 g/mol. The fraction of sp³-hybridized carbons (Fsp3) is 0.300. The number of phenolic OH excluding ortho intramolecular Hbond substituents is 1. The molecule has 1 aromatic rings. The fourth-order valence-electron chi connectivity index (χ4n) is 1.16. The summed E-state index contributed by atoms with van der Waals surface area (Å²) in [6.07, 6.45) is 0. The largest absolute Gasteiger partial charge is 0.505 e. The van der Waals surface area contributed by atoms with Crippen LogP contribution in [0.1, 0.15) is 19.4 Å². The monoisotopic (exact) mass is 216 g/mol. The number of hydrogen-bond donors (Lipinski definition) is 2. The van der Waals surface area contributed by atoms with E-state index in [1.54, 1.807) is 0 Å². The average molecular weight is 216 g/mol. The molecule has 0 bridgehead atoms. The summed E-state index contributed by atoms with van der Waals surface area (Å²) in [6, 6.07) is 1.31. The zero-order valence-electron chi connectivity index (χ0n) is 8.21. The van der Waals surface area contributed by atoms with Crippen LogP contribution >= 0.6 is 0 Å². The van der Waals surface area contributed by atoms with E-state index in [2.05, 4.69) is 0 Å². The molecule has 2 N–H and O–H groups in total. The molecule has 0 aliphatic rings. The number of rotatable bonds is 2. The molecule has 0 radical (unpaired) electrons. The Labute approximate surface area is 85.0 Å². The Morgan fingerprint density at radius 2 is 1.87 bits per heavy atom. The first-order chi connectivity index (χ1) is 6.76. The van der Waals surface area contributed by atoms with E-state index < -0.39 is 28.8 Å². The smallest absolute Gasteiger partial charge is 0.313 e. The topological polar surface area (TPSA) is 57.5 Å². The Kier molecular flexibility index (Phi) is 2.66. The summed E-state index contributed by atoms with van der Waals surface area (Å²) in [6.45, 7) is 2.51. The van der Waals surface area contributed by atoms with Gasteiger partial charge in [-0.05, 0) is 19.9 Å². The van der Waals surface area contributed by atoms with Gasteiger partial charge < -0.3 is 10.2 Å². The number of phenols is 1. The highest BCUT2D eigenvalue weighted by atomic mass is 19.1. The predicted octanol–water partition coefficient (Wildman–Crippen LogP) is 2.03. The number of hydrogen-bond acceptors (Lipinski definition) is 2. The molecule has 0 unspecified atom stereocenters. The van der Waals surface area contributed by atoms with Gasteiger partial charge in [-0.25, -0.2) is 8.78 Å². The molecule has 0 atom stereocenters. The zero-order chi connectivity index (χ0) is 11.8. The Morgan fingerprint density at radius 3 is 2.33 bits per heavy atom. The van der Waals surface area contributed by atoms with Crippen molar-refractivity contribution in [3.05, 3.63) is 29.3 Å². The van der Waals surface area contributed by atoms with Crippen molar-refractivity contribution in [3.8, 4) is 5.75 Å². The van der Waals surface area contributed by atoms with Gasteiger partial charge >= 0.3 is 5.97 Å². The van der Waals surface area contributed by atoms with Crippen molar-refractivity contribution in [2.75, 3.05) is 0 Å². The van der Waals surface area contributed by atoms with Crippen LogP contribution < -0.4 is 0 Å². The molecule has 0 aliphatic heterocycles. The van der Waals surface area contributed by atoms with Gasteiger partial charge in [0.2, 0.25) is 0 Å². The van der Waals surface area contributed by atoms with E-state index in [1.807, 2.05) is 0 Å². The first-order valence-corrected chi connectivity index (χ1v) is 4.18. The summed E-state index contributed by atoms with van der Waals surface area (Å²) in [7, 11) is 0. The maximum atomic E-state index is 13.0. The lowest BCUT2D eigenvalue weighted by molar-refractivity contribution is -0.142. The van der Waals surface area contributed by atoms with Crippen molar-refractivity contribution >= 4 is 5.97 Å². The van der Waals surface area contributed by atoms with Gasteiger partial charge in [-0.15, -0.1) is 0 Å². The third-order valence-corrected chi connectivity index (χ3v) is 2.24. The number of carboxylic acid groups (broad SMARTS) is 1. The van der Waals surface area contributed by atoms with Crippen LogP contribution in [-0.2, 0) is 10.2 Å². The van der Waals surface area contributed by atoms with Crippen LogP contribution in [0, 0.1) is 11.6 Å². The summed E-state index contributed by atoms with van der Waals surface area (Å²) in [4.78, 5) is 10.8. The maximum absolute atomic E-state index is 13.0. The van der Waals surface area contributed by atoms with Gasteiger partial charge in [0.1, 0.15) is 5.82 Å².